The Labute approximate surface area is 201 Å². The van der Waals surface area contributed by atoms with Gasteiger partial charge in [0, 0.05) is 45.5 Å². The van der Waals surface area contributed by atoms with Gasteiger partial charge >= 0.3 is 0 Å². The average molecular weight is 453 g/mol. The van der Waals surface area contributed by atoms with Crippen molar-refractivity contribution in [2.75, 3.05) is 4.90 Å². The summed E-state index contributed by atoms with van der Waals surface area (Å²) in [7, 11) is 0. The number of nitrogens with zero attached hydrogens (tertiary/aromatic N) is 2. The van der Waals surface area contributed by atoms with Gasteiger partial charge < -0.3 is 13.7 Å². The van der Waals surface area contributed by atoms with Crippen LogP contribution in [-0.4, -0.2) is 4.98 Å². The lowest BCUT2D eigenvalue weighted by Crippen LogP contribution is -2.09. The molecule has 4 heteroatoms. The summed E-state index contributed by atoms with van der Waals surface area (Å²) in [4.78, 5) is 6.96. The topological polar surface area (TPSA) is 42.4 Å². The van der Waals surface area contributed by atoms with Crippen LogP contribution in [0.2, 0.25) is 0 Å². The molecular formula is C31H20N2O2. The molecule has 0 aliphatic carbocycles. The summed E-state index contributed by atoms with van der Waals surface area (Å²) >= 11 is 0. The molecule has 7 rings (SSSR count). The highest BCUT2D eigenvalue weighted by Crippen LogP contribution is 2.39. The van der Waals surface area contributed by atoms with Gasteiger partial charge in [-0.15, -0.1) is 0 Å². The number of benzene rings is 5. The van der Waals surface area contributed by atoms with Crippen LogP contribution in [0.1, 0.15) is 0 Å². The molecule has 0 fully saturated rings. The minimum atomic E-state index is 0.612. The standard InChI is InChI=1S/C31H20N2O2/c1-4-10-21(11-5-1)31-32-27-19-26-25-17-16-24(18-28(25)34-29(26)20-30(27)35-31)33(22-12-6-2-7-13-22)23-14-8-3-9-15-23/h1-20H. The number of hydrogen-bond donors (Lipinski definition) is 0. The highest BCUT2D eigenvalue weighted by molar-refractivity contribution is 6.09. The highest BCUT2D eigenvalue weighted by atomic mass is 16.4. The maximum Gasteiger partial charge on any atom is 0.227 e. The van der Waals surface area contributed by atoms with Crippen molar-refractivity contribution >= 4 is 50.1 Å². The largest absolute Gasteiger partial charge is 0.456 e. The molecular weight excluding hydrogens is 432 g/mol. The van der Waals surface area contributed by atoms with Crippen LogP contribution in [0, 0.1) is 0 Å². The van der Waals surface area contributed by atoms with E-state index in [1.165, 1.54) is 0 Å². The van der Waals surface area contributed by atoms with Gasteiger partial charge in [0.2, 0.25) is 5.89 Å². The van der Waals surface area contributed by atoms with Gasteiger partial charge in [-0.2, -0.15) is 0 Å². The lowest BCUT2D eigenvalue weighted by Gasteiger charge is -2.25. The first-order chi connectivity index (χ1) is 17.3. The van der Waals surface area contributed by atoms with E-state index in [0.717, 1.165) is 50.1 Å². The monoisotopic (exact) mass is 452 g/mol. The predicted molar refractivity (Wildman–Crippen MR) is 141 cm³/mol. The molecule has 0 spiro atoms. The summed E-state index contributed by atoms with van der Waals surface area (Å²) in [5.41, 5.74) is 7.30. The summed E-state index contributed by atoms with van der Waals surface area (Å²) in [5.74, 6) is 0.612. The number of rotatable bonds is 4. The molecule has 0 aliphatic heterocycles. The summed E-state index contributed by atoms with van der Waals surface area (Å²) in [6.07, 6.45) is 0. The second-order valence-corrected chi connectivity index (χ2v) is 8.49. The van der Waals surface area contributed by atoms with Gasteiger partial charge in [-0.25, -0.2) is 4.98 Å². The van der Waals surface area contributed by atoms with Crippen LogP contribution in [-0.2, 0) is 0 Å². The van der Waals surface area contributed by atoms with E-state index in [9.17, 15) is 0 Å². The summed E-state index contributed by atoms with van der Waals surface area (Å²) < 4.78 is 12.4. The van der Waals surface area contributed by atoms with E-state index in [1.807, 2.05) is 48.5 Å². The molecule has 0 aliphatic rings. The minimum Gasteiger partial charge on any atom is -0.456 e. The Kier molecular flexibility index (Phi) is 4.42. The summed E-state index contributed by atoms with van der Waals surface area (Å²) in [5, 5.41) is 2.08. The zero-order chi connectivity index (χ0) is 23.2. The smallest absolute Gasteiger partial charge is 0.227 e. The van der Waals surface area contributed by atoms with E-state index in [2.05, 4.69) is 77.7 Å². The first kappa shape index (κ1) is 19.6. The molecule has 0 N–H and O–H groups in total. The van der Waals surface area contributed by atoms with Crippen LogP contribution >= 0.6 is 0 Å². The number of oxazole rings is 1. The number of para-hydroxylation sites is 2. The van der Waals surface area contributed by atoms with Gasteiger partial charge in [-0.05, 0) is 54.6 Å². The van der Waals surface area contributed by atoms with Crippen molar-refractivity contribution in [1.82, 2.24) is 4.98 Å². The Balaban J connectivity index is 1.37. The SMILES string of the molecule is c1ccc(-c2nc3cc4c(cc3o2)oc2cc(N(c3ccccc3)c3ccccc3)ccc24)cc1. The lowest BCUT2D eigenvalue weighted by atomic mass is 10.1. The van der Waals surface area contributed by atoms with Crippen molar-refractivity contribution in [3.8, 4) is 11.5 Å². The highest BCUT2D eigenvalue weighted by Gasteiger charge is 2.17. The minimum absolute atomic E-state index is 0.612. The van der Waals surface area contributed by atoms with E-state index in [4.69, 9.17) is 13.8 Å². The van der Waals surface area contributed by atoms with Crippen LogP contribution in [0.25, 0.3) is 44.5 Å². The Morgan fingerprint density at radius 1 is 0.486 bits per heavy atom. The Morgan fingerprint density at radius 2 is 1.11 bits per heavy atom. The molecule has 35 heavy (non-hydrogen) atoms. The normalized spacial score (nSPS) is 11.4. The van der Waals surface area contributed by atoms with E-state index in [0.29, 0.717) is 11.5 Å². The molecule has 4 nitrogen and oxygen atoms in total. The number of fused-ring (bicyclic) bond motifs is 4. The molecule has 0 bridgehead atoms. The van der Waals surface area contributed by atoms with Crippen LogP contribution < -0.4 is 4.90 Å². The number of hydrogen-bond acceptors (Lipinski definition) is 4. The fraction of sp³-hybridized carbons (Fsp3) is 0. The van der Waals surface area contributed by atoms with Gasteiger partial charge in [0.15, 0.2) is 5.58 Å². The second kappa shape index (κ2) is 7.89. The zero-order valence-electron chi connectivity index (χ0n) is 18.8. The molecule has 0 unspecified atom stereocenters. The maximum absolute atomic E-state index is 6.32. The average Bonchev–Trinajstić information content (AvgIpc) is 3.49. The van der Waals surface area contributed by atoms with Crippen LogP contribution in [0.15, 0.2) is 130 Å². The zero-order valence-corrected chi connectivity index (χ0v) is 18.8. The van der Waals surface area contributed by atoms with Crippen molar-refractivity contribution < 1.29 is 8.83 Å². The van der Waals surface area contributed by atoms with Crippen molar-refractivity contribution in [3.05, 3.63) is 121 Å². The number of aromatic nitrogens is 1. The Hall–Kier alpha value is -4.83. The number of furan rings is 1. The van der Waals surface area contributed by atoms with Gasteiger partial charge in [0.05, 0.1) is 0 Å². The third kappa shape index (κ3) is 3.35. The number of anilines is 3. The molecule has 0 saturated carbocycles. The lowest BCUT2D eigenvalue weighted by molar-refractivity contribution is 0.617. The summed E-state index contributed by atoms with van der Waals surface area (Å²) in [6.45, 7) is 0. The van der Waals surface area contributed by atoms with Crippen molar-refractivity contribution in [2.24, 2.45) is 0 Å². The predicted octanol–water partition coefficient (Wildman–Crippen LogP) is 8.86. The van der Waals surface area contributed by atoms with Gasteiger partial charge in [-0.3, -0.25) is 0 Å². The van der Waals surface area contributed by atoms with Crippen molar-refractivity contribution in [3.63, 3.8) is 0 Å². The van der Waals surface area contributed by atoms with E-state index in [1.54, 1.807) is 0 Å². The molecule has 7 aromatic rings. The summed E-state index contributed by atoms with van der Waals surface area (Å²) in [6, 6.07) is 41.0. The van der Waals surface area contributed by atoms with Gasteiger partial charge in [0.25, 0.3) is 0 Å². The fourth-order valence-corrected chi connectivity index (χ4v) is 4.63. The first-order valence-electron chi connectivity index (χ1n) is 11.6. The second-order valence-electron chi connectivity index (χ2n) is 8.49. The van der Waals surface area contributed by atoms with E-state index >= 15 is 0 Å². The molecule has 0 radical (unpaired) electrons. The molecule has 0 saturated heterocycles. The molecule has 166 valence electrons. The van der Waals surface area contributed by atoms with Crippen molar-refractivity contribution in [2.45, 2.75) is 0 Å². The third-order valence-electron chi connectivity index (χ3n) is 6.27. The molecule has 0 amide bonds. The van der Waals surface area contributed by atoms with E-state index < -0.39 is 0 Å². The molecule has 2 aromatic heterocycles. The van der Waals surface area contributed by atoms with Crippen LogP contribution in [0.3, 0.4) is 0 Å². The van der Waals surface area contributed by atoms with Crippen molar-refractivity contribution in [1.29, 1.82) is 0 Å². The molecule has 0 atom stereocenters. The third-order valence-corrected chi connectivity index (χ3v) is 6.27. The molecule has 5 aromatic carbocycles. The van der Waals surface area contributed by atoms with Crippen LogP contribution in [0.4, 0.5) is 17.1 Å². The Bertz CT molecular complexity index is 1750. The van der Waals surface area contributed by atoms with Gasteiger partial charge in [0.1, 0.15) is 16.7 Å². The van der Waals surface area contributed by atoms with E-state index in [-0.39, 0.29) is 0 Å². The quantitative estimate of drug-likeness (QED) is 0.267. The first-order valence-corrected chi connectivity index (χ1v) is 11.6. The van der Waals surface area contributed by atoms with Gasteiger partial charge in [-0.1, -0.05) is 54.6 Å². The Morgan fingerprint density at radius 3 is 1.80 bits per heavy atom. The fourth-order valence-electron chi connectivity index (χ4n) is 4.63. The maximum atomic E-state index is 6.32. The molecule has 2 heterocycles. The van der Waals surface area contributed by atoms with Crippen LogP contribution in [0.5, 0.6) is 0 Å².